The minimum absolute atomic E-state index is 0.266. The minimum Gasteiger partial charge on any atom is -0.361 e. The van der Waals surface area contributed by atoms with Crippen LogP contribution < -0.4 is 20.5 Å². The zero-order chi connectivity index (χ0) is 19.0. The Balaban J connectivity index is 2.61. The second-order valence-electron chi connectivity index (χ2n) is 5.86. The van der Waals surface area contributed by atoms with Gasteiger partial charge in [0.1, 0.15) is 6.54 Å². The van der Waals surface area contributed by atoms with Crippen LogP contribution in [0.3, 0.4) is 0 Å². The molecule has 0 aliphatic carbocycles. The third-order valence-electron chi connectivity index (χ3n) is 3.11. The highest BCUT2D eigenvalue weighted by Gasteiger charge is 2.21. The number of anilines is 1. The Morgan fingerprint density at radius 3 is 2.56 bits per heavy atom. The average Bonchev–Trinajstić information content (AvgIpc) is 2.49. The summed E-state index contributed by atoms with van der Waals surface area (Å²) in [5.74, 6) is -0.0238. The fourth-order valence-corrected chi connectivity index (χ4v) is 3.03. The second-order valence-corrected chi connectivity index (χ2v) is 8.61. The highest BCUT2D eigenvalue weighted by atomic mass is 35.5. The van der Waals surface area contributed by atoms with Crippen LogP contribution in [0.2, 0.25) is 5.02 Å². The van der Waals surface area contributed by atoms with E-state index in [4.69, 9.17) is 23.8 Å². The second kappa shape index (κ2) is 9.79. The quantitative estimate of drug-likeness (QED) is 0.471. The molecule has 0 saturated carbocycles. The van der Waals surface area contributed by atoms with Gasteiger partial charge in [-0.1, -0.05) is 31.5 Å². The first-order chi connectivity index (χ1) is 11.6. The van der Waals surface area contributed by atoms with Crippen molar-refractivity contribution < 1.29 is 13.2 Å². The first-order valence-corrected chi connectivity index (χ1v) is 10.3. The van der Waals surface area contributed by atoms with Gasteiger partial charge < -0.3 is 5.32 Å². The van der Waals surface area contributed by atoms with E-state index in [9.17, 15) is 13.2 Å². The number of hydrazine groups is 1. The zero-order valence-corrected chi connectivity index (χ0v) is 16.8. The van der Waals surface area contributed by atoms with Gasteiger partial charge >= 0.3 is 0 Å². The van der Waals surface area contributed by atoms with E-state index in [1.54, 1.807) is 18.2 Å². The van der Waals surface area contributed by atoms with Gasteiger partial charge in [0.05, 0.1) is 11.9 Å². The molecular formula is C15H23ClN4O3S2. The molecule has 0 spiro atoms. The summed E-state index contributed by atoms with van der Waals surface area (Å²) in [6.45, 7) is 4.46. The highest BCUT2D eigenvalue weighted by Crippen LogP contribution is 2.21. The molecule has 0 heterocycles. The van der Waals surface area contributed by atoms with Crippen molar-refractivity contribution in [1.29, 1.82) is 0 Å². The third-order valence-corrected chi connectivity index (χ3v) is 4.73. The summed E-state index contributed by atoms with van der Waals surface area (Å²) < 4.78 is 24.9. The lowest BCUT2D eigenvalue weighted by molar-refractivity contribution is -0.120. The normalized spacial score (nSPS) is 11.1. The number of carbonyl (C=O) groups is 1. The number of hydrogen-bond donors (Lipinski definition) is 3. The number of nitrogens with one attached hydrogen (secondary N) is 3. The summed E-state index contributed by atoms with van der Waals surface area (Å²) in [7, 11) is -3.65. The van der Waals surface area contributed by atoms with E-state index in [1.165, 1.54) is 6.07 Å². The molecule has 3 N–H and O–H groups in total. The number of sulfonamides is 1. The zero-order valence-electron chi connectivity index (χ0n) is 14.4. The molecule has 25 heavy (non-hydrogen) atoms. The minimum atomic E-state index is -3.65. The smallest absolute Gasteiger partial charge is 0.259 e. The Morgan fingerprint density at radius 2 is 2.00 bits per heavy atom. The van der Waals surface area contributed by atoms with Gasteiger partial charge in [0, 0.05) is 11.6 Å². The van der Waals surface area contributed by atoms with Gasteiger partial charge in [0.2, 0.25) is 10.0 Å². The van der Waals surface area contributed by atoms with Gasteiger partial charge in [0.15, 0.2) is 5.11 Å². The predicted molar refractivity (Wildman–Crippen MR) is 105 cm³/mol. The van der Waals surface area contributed by atoms with Crippen LogP contribution in [0.1, 0.15) is 20.3 Å². The van der Waals surface area contributed by atoms with Crippen LogP contribution in [-0.4, -0.2) is 38.8 Å². The van der Waals surface area contributed by atoms with Crippen LogP contribution in [0.5, 0.6) is 0 Å². The molecule has 0 aliphatic rings. The summed E-state index contributed by atoms with van der Waals surface area (Å²) in [5.41, 5.74) is 5.23. The van der Waals surface area contributed by atoms with Gasteiger partial charge in [0.25, 0.3) is 5.91 Å². The monoisotopic (exact) mass is 406 g/mol. The van der Waals surface area contributed by atoms with Gasteiger partial charge in [-0.15, -0.1) is 0 Å². The molecule has 0 aliphatic heterocycles. The van der Waals surface area contributed by atoms with Crippen LogP contribution in [0.15, 0.2) is 24.3 Å². The van der Waals surface area contributed by atoms with Gasteiger partial charge in [-0.25, -0.2) is 8.42 Å². The molecule has 0 aromatic heterocycles. The number of thiocarbonyl (C=S) groups is 1. The standard InChI is InChI=1S/C15H23ClN4O3S2/c1-11(2)7-8-17-15(24)19-18-14(21)10-20(25(3,22)23)13-6-4-5-12(16)9-13/h4-6,9,11H,7-8,10H2,1-3H3,(H,18,21)(H2,17,19,24). The lowest BCUT2D eigenvalue weighted by atomic mass is 10.1. The Labute approximate surface area is 159 Å². The third kappa shape index (κ3) is 8.37. The summed E-state index contributed by atoms with van der Waals surface area (Å²) in [6, 6.07) is 6.27. The fourth-order valence-electron chi connectivity index (χ4n) is 1.85. The Morgan fingerprint density at radius 1 is 1.32 bits per heavy atom. The van der Waals surface area contributed by atoms with E-state index in [2.05, 4.69) is 30.0 Å². The molecule has 7 nitrogen and oxygen atoms in total. The SMILES string of the molecule is CC(C)CCNC(=S)NNC(=O)CN(c1cccc(Cl)c1)S(C)(=O)=O. The number of amides is 1. The van der Waals surface area contributed by atoms with Crippen molar-refractivity contribution in [2.24, 2.45) is 5.92 Å². The maximum atomic E-state index is 12.0. The molecule has 1 aromatic rings. The molecule has 0 saturated heterocycles. The number of nitrogens with zero attached hydrogens (tertiary/aromatic N) is 1. The molecule has 0 radical (unpaired) electrons. The molecule has 0 bridgehead atoms. The topological polar surface area (TPSA) is 90.5 Å². The predicted octanol–water partition coefficient (Wildman–Crippen LogP) is 1.65. The Bertz CT molecular complexity index is 710. The van der Waals surface area contributed by atoms with Crippen molar-refractivity contribution in [3.05, 3.63) is 29.3 Å². The Hall–Kier alpha value is -1.58. The van der Waals surface area contributed by atoms with Gasteiger partial charge in [-0.3, -0.25) is 20.0 Å². The summed E-state index contributed by atoms with van der Waals surface area (Å²) in [5, 5.41) is 3.59. The van der Waals surface area contributed by atoms with Crippen molar-refractivity contribution >= 4 is 50.5 Å². The summed E-state index contributed by atoms with van der Waals surface area (Å²) in [6.07, 6.45) is 1.96. The van der Waals surface area contributed by atoms with Crippen LogP contribution in [-0.2, 0) is 14.8 Å². The lowest BCUT2D eigenvalue weighted by Crippen LogP contribution is -2.50. The van der Waals surface area contributed by atoms with Gasteiger partial charge in [-0.05, 0) is 42.8 Å². The van der Waals surface area contributed by atoms with Crippen LogP contribution in [0.4, 0.5) is 5.69 Å². The molecule has 1 amide bonds. The van der Waals surface area contributed by atoms with Crippen LogP contribution in [0, 0.1) is 5.92 Å². The van der Waals surface area contributed by atoms with Gasteiger partial charge in [-0.2, -0.15) is 0 Å². The number of carbonyl (C=O) groups excluding carboxylic acids is 1. The lowest BCUT2D eigenvalue weighted by Gasteiger charge is -2.22. The van der Waals surface area contributed by atoms with E-state index >= 15 is 0 Å². The van der Waals surface area contributed by atoms with Crippen molar-refractivity contribution in [3.8, 4) is 0 Å². The Kier molecular flexibility index (Phi) is 8.40. The van der Waals surface area contributed by atoms with Crippen molar-refractivity contribution in [2.75, 3.05) is 23.7 Å². The molecule has 140 valence electrons. The van der Waals surface area contributed by atoms with E-state index in [1.807, 2.05) is 0 Å². The molecular weight excluding hydrogens is 384 g/mol. The number of rotatable bonds is 7. The molecule has 1 aromatic carbocycles. The summed E-state index contributed by atoms with van der Waals surface area (Å²) >= 11 is 10.9. The number of halogens is 1. The largest absolute Gasteiger partial charge is 0.361 e. The van der Waals surface area contributed by atoms with Crippen LogP contribution >= 0.6 is 23.8 Å². The molecule has 1 rings (SSSR count). The molecule has 0 atom stereocenters. The summed E-state index contributed by atoms with van der Waals surface area (Å²) in [4.78, 5) is 12.0. The first kappa shape index (κ1) is 21.5. The molecule has 0 unspecified atom stereocenters. The number of hydrogen-bond acceptors (Lipinski definition) is 4. The fraction of sp³-hybridized carbons (Fsp3) is 0.467. The highest BCUT2D eigenvalue weighted by molar-refractivity contribution is 7.92. The molecule has 0 fully saturated rings. The van der Waals surface area contributed by atoms with Crippen molar-refractivity contribution in [3.63, 3.8) is 0 Å². The average molecular weight is 407 g/mol. The van der Waals surface area contributed by atoms with E-state index < -0.39 is 22.5 Å². The van der Waals surface area contributed by atoms with Crippen molar-refractivity contribution in [1.82, 2.24) is 16.2 Å². The van der Waals surface area contributed by atoms with Crippen molar-refractivity contribution in [2.45, 2.75) is 20.3 Å². The molecule has 10 heteroatoms. The van der Waals surface area contributed by atoms with E-state index in [0.717, 1.165) is 17.0 Å². The van der Waals surface area contributed by atoms with E-state index in [-0.39, 0.29) is 5.11 Å². The van der Waals surface area contributed by atoms with E-state index in [0.29, 0.717) is 23.2 Å². The van der Waals surface area contributed by atoms with Crippen LogP contribution in [0.25, 0.3) is 0 Å². The maximum Gasteiger partial charge on any atom is 0.259 e. The first-order valence-electron chi connectivity index (χ1n) is 7.65. The number of benzene rings is 1. The maximum absolute atomic E-state index is 12.0.